The van der Waals surface area contributed by atoms with Crippen LogP contribution in [0.1, 0.15) is 17.0 Å². The fourth-order valence-corrected chi connectivity index (χ4v) is 3.02. The van der Waals surface area contributed by atoms with Crippen LogP contribution < -0.4 is 10.6 Å². The van der Waals surface area contributed by atoms with E-state index in [0.29, 0.717) is 16.4 Å². The van der Waals surface area contributed by atoms with Crippen molar-refractivity contribution in [1.82, 2.24) is 30.1 Å². The number of aryl methyl sites for hydroxylation is 1. The summed E-state index contributed by atoms with van der Waals surface area (Å²) in [7, 11) is 1.67. The van der Waals surface area contributed by atoms with Crippen molar-refractivity contribution >= 4 is 40.2 Å². The second-order valence-corrected chi connectivity index (χ2v) is 6.36. The van der Waals surface area contributed by atoms with Gasteiger partial charge in [0.2, 0.25) is 5.95 Å². The number of benzene rings is 1. The number of anilines is 3. The molecule has 27 heavy (non-hydrogen) atoms. The Morgan fingerprint density at radius 3 is 2.85 bits per heavy atom. The highest BCUT2D eigenvalue weighted by Crippen LogP contribution is 2.28. The van der Waals surface area contributed by atoms with E-state index in [-0.39, 0.29) is 23.9 Å². The highest BCUT2D eigenvalue weighted by atomic mass is 35.5. The zero-order chi connectivity index (χ0) is 19.0. The summed E-state index contributed by atoms with van der Waals surface area (Å²) >= 11 is 6.44. The topological polar surface area (TPSA) is 107 Å². The predicted octanol–water partition coefficient (Wildman–Crippen LogP) is 3.55. The average Bonchev–Trinajstić information content (AvgIpc) is 3.29. The maximum absolute atomic E-state index is 15.0. The van der Waals surface area contributed by atoms with Crippen molar-refractivity contribution in [2.45, 2.75) is 13.3 Å². The Bertz CT molecular complexity index is 1120. The Labute approximate surface area is 158 Å². The lowest BCUT2D eigenvalue weighted by atomic mass is 10.1. The molecular formula is C17H16ClFN8. The van der Waals surface area contributed by atoms with Crippen LogP contribution in [0.3, 0.4) is 0 Å². The van der Waals surface area contributed by atoms with Crippen molar-refractivity contribution in [3.63, 3.8) is 0 Å². The first-order valence-corrected chi connectivity index (χ1v) is 8.56. The van der Waals surface area contributed by atoms with Crippen molar-refractivity contribution in [3.05, 3.63) is 52.3 Å². The van der Waals surface area contributed by atoms with Gasteiger partial charge >= 0.3 is 0 Å². The minimum atomic E-state index is -0.562. The highest BCUT2D eigenvalue weighted by Gasteiger charge is 2.18. The molecule has 0 unspecified atom stereocenters. The molecule has 0 saturated heterocycles. The van der Waals surface area contributed by atoms with E-state index in [4.69, 9.17) is 11.6 Å². The van der Waals surface area contributed by atoms with E-state index in [1.165, 1.54) is 0 Å². The van der Waals surface area contributed by atoms with Gasteiger partial charge in [0.1, 0.15) is 5.52 Å². The molecule has 1 aromatic carbocycles. The van der Waals surface area contributed by atoms with Crippen LogP contribution in [-0.4, -0.2) is 37.2 Å². The minimum absolute atomic E-state index is 0.0350. The average molecular weight is 387 g/mol. The number of hydrogen-bond donors (Lipinski definition) is 4. The number of H-pyrrole nitrogens is 2. The van der Waals surface area contributed by atoms with Crippen LogP contribution in [0, 0.1) is 12.7 Å². The van der Waals surface area contributed by atoms with Crippen LogP contribution >= 0.6 is 11.6 Å². The van der Waals surface area contributed by atoms with Gasteiger partial charge in [0, 0.05) is 25.2 Å². The summed E-state index contributed by atoms with van der Waals surface area (Å²) in [5, 5.41) is 13.0. The first-order valence-electron chi connectivity index (χ1n) is 8.19. The number of nitrogens with zero attached hydrogens (tertiary/aromatic N) is 4. The van der Waals surface area contributed by atoms with E-state index in [2.05, 4.69) is 40.8 Å². The zero-order valence-electron chi connectivity index (χ0n) is 14.6. The summed E-state index contributed by atoms with van der Waals surface area (Å²) in [6.07, 6.45) is 1.76. The Morgan fingerprint density at radius 2 is 2.11 bits per heavy atom. The normalized spacial score (nSPS) is 11.1. The Balaban J connectivity index is 1.72. The van der Waals surface area contributed by atoms with Gasteiger partial charge in [-0.05, 0) is 18.6 Å². The lowest BCUT2D eigenvalue weighted by molar-refractivity contribution is 0.602. The number of imidazole rings is 1. The van der Waals surface area contributed by atoms with E-state index in [1.54, 1.807) is 19.4 Å². The molecule has 0 spiro atoms. The molecule has 0 radical (unpaired) electrons. The molecule has 4 N–H and O–H groups in total. The molecule has 10 heteroatoms. The molecule has 138 valence electrons. The van der Waals surface area contributed by atoms with Crippen LogP contribution in [0.25, 0.3) is 11.0 Å². The molecule has 3 heterocycles. The largest absolute Gasteiger partial charge is 0.357 e. The number of aromatic amines is 2. The summed E-state index contributed by atoms with van der Waals surface area (Å²) < 4.78 is 15.0. The number of rotatable bonds is 5. The van der Waals surface area contributed by atoms with Crippen LogP contribution in [0.5, 0.6) is 0 Å². The SMILES string of the molecule is CNc1nc(Cc2ccc3[nH]cnc3c2Cl)c(F)c(Nc2cc(C)[nH]n2)n1. The van der Waals surface area contributed by atoms with Gasteiger partial charge in [0.05, 0.1) is 22.6 Å². The van der Waals surface area contributed by atoms with Gasteiger partial charge in [-0.25, -0.2) is 14.4 Å². The molecule has 3 aromatic heterocycles. The lowest BCUT2D eigenvalue weighted by Crippen LogP contribution is -2.09. The van der Waals surface area contributed by atoms with Crippen molar-refractivity contribution in [2.24, 2.45) is 0 Å². The molecule has 0 aliphatic carbocycles. The van der Waals surface area contributed by atoms with Crippen molar-refractivity contribution < 1.29 is 4.39 Å². The molecule has 8 nitrogen and oxygen atoms in total. The third-order valence-electron chi connectivity index (χ3n) is 4.06. The van der Waals surface area contributed by atoms with Gasteiger partial charge in [-0.3, -0.25) is 5.10 Å². The van der Waals surface area contributed by atoms with Crippen molar-refractivity contribution in [1.29, 1.82) is 0 Å². The van der Waals surface area contributed by atoms with Gasteiger partial charge in [-0.2, -0.15) is 10.1 Å². The Morgan fingerprint density at radius 1 is 1.26 bits per heavy atom. The first kappa shape index (κ1) is 17.2. The first-order chi connectivity index (χ1) is 13.0. The highest BCUT2D eigenvalue weighted by molar-refractivity contribution is 6.35. The molecule has 0 atom stereocenters. The Hall–Kier alpha value is -3.20. The van der Waals surface area contributed by atoms with Gasteiger partial charge < -0.3 is 15.6 Å². The molecule has 0 aliphatic rings. The predicted molar refractivity (Wildman–Crippen MR) is 102 cm³/mol. The fourth-order valence-electron chi connectivity index (χ4n) is 2.74. The van der Waals surface area contributed by atoms with E-state index in [9.17, 15) is 0 Å². The molecule has 0 amide bonds. The molecule has 0 saturated carbocycles. The lowest BCUT2D eigenvalue weighted by Gasteiger charge is -2.11. The molecule has 0 aliphatic heterocycles. The molecule has 0 bridgehead atoms. The zero-order valence-corrected chi connectivity index (χ0v) is 15.3. The van der Waals surface area contributed by atoms with Crippen LogP contribution in [0.15, 0.2) is 24.5 Å². The summed E-state index contributed by atoms with van der Waals surface area (Å²) in [6.45, 7) is 1.85. The maximum atomic E-state index is 15.0. The van der Waals surface area contributed by atoms with Gasteiger partial charge in [-0.15, -0.1) is 0 Å². The van der Waals surface area contributed by atoms with E-state index >= 15 is 4.39 Å². The monoisotopic (exact) mass is 386 g/mol. The standard InChI is InChI=1S/C17H16ClFN8/c1-8-5-12(27-26-8)24-16-14(19)11(23-17(20-2)25-16)6-9-3-4-10-15(13(9)18)22-7-21-10/h3-5,7H,6H2,1-2H3,(H,21,22)(H3,20,23,24,25,26,27). The van der Waals surface area contributed by atoms with Crippen molar-refractivity contribution in [2.75, 3.05) is 17.7 Å². The number of fused-ring (bicyclic) bond motifs is 1. The number of nitrogens with one attached hydrogen (secondary N) is 4. The third kappa shape index (κ3) is 3.28. The van der Waals surface area contributed by atoms with E-state index < -0.39 is 5.82 Å². The van der Waals surface area contributed by atoms with Gasteiger partial charge in [-0.1, -0.05) is 17.7 Å². The van der Waals surface area contributed by atoms with E-state index in [1.807, 2.05) is 19.1 Å². The van der Waals surface area contributed by atoms with Crippen LogP contribution in [0.4, 0.5) is 22.0 Å². The third-order valence-corrected chi connectivity index (χ3v) is 4.49. The molecule has 4 aromatic rings. The van der Waals surface area contributed by atoms with E-state index in [0.717, 1.165) is 16.8 Å². The number of hydrogen-bond acceptors (Lipinski definition) is 6. The quantitative estimate of drug-likeness (QED) is 0.418. The summed E-state index contributed by atoms with van der Waals surface area (Å²) in [5.41, 5.74) is 3.24. The van der Waals surface area contributed by atoms with Crippen LogP contribution in [-0.2, 0) is 6.42 Å². The second-order valence-electron chi connectivity index (χ2n) is 5.98. The molecule has 4 rings (SSSR count). The van der Waals surface area contributed by atoms with Crippen molar-refractivity contribution in [3.8, 4) is 0 Å². The number of aromatic nitrogens is 6. The van der Waals surface area contributed by atoms with Crippen LogP contribution in [0.2, 0.25) is 5.02 Å². The smallest absolute Gasteiger partial charge is 0.224 e. The maximum Gasteiger partial charge on any atom is 0.224 e. The summed E-state index contributed by atoms with van der Waals surface area (Å²) in [4.78, 5) is 15.6. The molecular weight excluding hydrogens is 371 g/mol. The Kier molecular flexibility index (Phi) is 4.36. The molecule has 0 fully saturated rings. The second kappa shape index (κ2) is 6.84. The van der Waals surface area contributed by atoms with Gasteiger partial charge in [0.15, 0.2) is 17.5 Å². The minimum Gasteiger partial charge on any atom is -0.357 e. The number of halogens is 2. The van der Waals surface area contributed by atoms with Gasteiger partial charge in [0.25, 0.3) is 0 Å². The summed E-state index contributed by atoms with van der Waals surface area (Å²) in [5.74, 6) is 0.230. The fraction of sp³-hybridized carbons (Fsp3) is 0.176. The summed E-state index contributed by atoms with van der Waals surface area (Å²) in [6, 6.07) is 5.43.